The first-order valence-electron chi connectivity index (χ1n) is 3.58. The highest BCUT2D eigenvalue weighted by molar-refractivity contribution is 5.85. The minimum atomic E-state index is 0. The maximum Gasteiger partial charge on any atom is 0.115 e. The first-order valence-corrected chi connectivity index (χ1v) is 3.58. The minimum absolute atomic E-state index is 0. The second kappa shape index (κ2) is 4.21. The molecule has 0 radical (unpaired) electrons. The van der Waals surface area contributed by atoms with E-state index in [1.807, 2.05) is 32.0 Å². The molecule has 1 rings (SSSR count). The standard InChI is InChI=1S/C9H13NO.ClH/c1-7-6-8(11)4-5-9(7)10(2)3;/h4-6,11H,1-3H3;1H. The molecule has 0 saturated heterocycles. The molecule has 0 bridgehead atoms. The van der Waals surface area contributed by atoms with Gasteiger partial charge in [-0.25, -0.2) is 0 Å². The van der Waals surface area contributed by atoms with Gasteiger partial charge in [0.2, 0.25) is 0 Å². The van der Waals surface area contributed by atoms with Gasteiger partial charge in [-0.3, -0.25) is 0 Å². The molecule has 68 valence electrons. The Kier molecular flexibility index (Phi) is 3.90. The first-order chi connectivity index (χ1) is 5.11. The summed E-state index contributed by atoms with van der Waals surface area (Å²) in [6.45, 7) is 1.98. The molecular formula is C9H14ClNO. The van der Waals surface area contributed by atoms with Crippen molar-refractivity contribution in [3.05, 3.63) is 23.8 Å². The van der Waals surface area contributed by atoms with Crippen molar-refractivity contribution in [2.75, 3.05) is 19.0 Å². The van der Waals surface area contributed by atoms with Crippen LogP contribution in [0.4, 0.5) is 5.69 Å². The van der Waals surface area contributed by atoms with Gasteiger partial charge >= 0.3 is 0 Å². The third-order valence-electron chi connectivity index (χ3n) is 1.66. The van der Waals surface area contributed by atoms with Crippen molar-refractivity contribution >= 4 is 18.1 Å². The number of halogens is 1. The van der Waals surface area contributed by atoms with Crippen LogP contribution in [0.1, 0.15) is 5.56 Å². The van der Waals surface area contributed by atoms with Crippen LogP contribution in [0.2, 0.25) is 0 Å². The first kappa shape index (κ1) is 11.1. The molecule has 1 N–H and O–H groups in total. The van der Waals surface area contributed by atoms with E-state index in [0.717, 1.165) is 11.3 Å². The summed E-state index contributed by atoms with van der Waals surface area (Å²) in [5.41, 5.74) is 2.23. The van der Waals surface area contributed by atoms with Gasteiger partial charge in [0.1, 0.15) is 5.75 Å². The molecule has 0 aromatic heterocycles. The second-order valence-electron chi connectivity index (χ2n) is 2.87. The lowest BCUT2D eigenvalue weighted by Gasteiger charge is -2.14. The van der Waals surface area contributed by atoms with Crippen LogP contribution in [-0.4, -0.2) is 19.2 Å². The summed E-state index contributed by atoms with van der Waals surface area (Å²) in [5.74, 6) is 0.327. The SMILES string of the molecule is Cc1cc(O)ccc1N(C)C.Cl. The number of phenols is 1. The highest BCUT2D eigenvalue weighted by Gasteiger charge is 1.99. The molecule has 2 nitrogen and oxygen atoms in total. The van der Waals surface area contributed by atoms with Crippen LogP contribution in [0, 0.1) is 6.92 Å². The number of rotatable bonds is 1. The van der Waals surface area contributed by atoms with Gasteiger partial charge in [0.15, 0.2) is 0 Å². The Morgan fingerprint density at radius 3 is 2.25 bits per heavy atom. The molecule has 0 aliphatic carbocycles. The maximum absolute atomic E-state index is 9.10. The van der Waals surface area contributed by atoms with E-state index in [0.29, 0.717) is 5.75 Å². The Bertz CT molecular complexity index is 261. The summed E-state index contributed by atoms with van der Waals surface area (Å²) in [6, 6.07) is 5.36. The van der Waals surface area contributed by atoms with Gasteiger partial charge in [0.25, 0.3) is 0 Å². The largest absolute Gasteiger partial charge is 0.508 e. The molecule has 12 heavy (non-hydrogen) atoms. The maximum atomic E-state index is 9.10. The van der Waals surface area contributed by atoms with Gasteiger partial charge in [-0.15, -0.1) is 12.4 Å². The number of aromatic hydroxyl groups is 1. The van der Waals surface area contributed by atoms with Crippen LogP contribution in [0.5, 0.6) is 5.75 Å². The predicted molar refractivity (Wildman–Crippen MR) is 54.4 cm³/mol. The topological polar surface area (TPSA) is 23.5 Å². The molecule has 0 amide bonds. The molecule has 0 atom stereocenters. The lowest BCUT2D eigenvalue weighted by Crippen LogP contribution is -2.09. The van der Waals surface area contributed by atoms with Gasteiger partial charge in [-0.2, -0.15) is 0 Å². The Balaban J connectivity index is 0.00000121. The van der Waals surface area contributed by atoms with E-state index >= 15 is 0 Å². The van der Waals surface area contributed by atoms with E-state index in [1.54, 1.807) is 12.1 Å². The number of nitrogens with zero attached hydrogens (tertiary/aromatic N) is 1. The van der Waals surface area contributed by atoms with Crippen LogP contribution in [0.25, 0.3) is 0 Å². The van der Waals surface area contributed by atoms with Crippen molar-refractivity contribution < 1.29 is 5.11 Å². The zero-order valence-electron chi connectivity index (χ0n) is 7.53. The number of anilines is 1. The van der Waals surface area contributed by atoms with Gasteiger partial charge in [-0.1, -0.05) is 0 Å². The van der Waals surface area contributed by atoms with E-state index < -0.39 is 0 Å². The molecule has 0 fully saturated rings. The van der Waals surface area contributed by atoms with Crippen molar-refractivity contribution in [3.63, 3.8) is 0 Å². The van der Waals surface area contributed by atoms with Crippen LogP contribution in [0.15, 0.2) is 18.2 Å². The van der Waals surface area contributed by atoms with Gasteiger partial charge < -0.3 is 10.0 Å². The summed E-state index contributed by atoms with van der Waals surface area (Å²) in [7, 11) is 3.97. The van der Waals surface area contributed by atoms with Crippen molar-refractivity contribution in [3.8, 4) is 5.75 Å². The fraction of sp³-hybridized carbons (Fsp3) is 0.333. The summed E-state index contributed by atoms with van der Waals surface area (Å²) in [5, 5.41) is 9.10. The fourth-order valence-electron chi connectivity index (χ4n) is 1.14. The number of hydrogen-bond donors (Lipinski definition) is 1. The molecule has 3 heteroatoms. The van der Waals surface area contributed by atoms with Crippen LogP contribution >= 0.6 is 12.4 Å². The van der Waals surface area contributed by atoms with Gasteiger partial charge in [0.05, 0.1) is 0 Å². The number of hydrogen-bond acceptors (Lipinski definition) is 2. The molecule has 0 aliphatic heterocycles. The zero-order chi connectivity index (χ0) is 8.43. The van der Waals surface area contributed by atoms with Crippen molar-refractivity contribution in [1.29, 1.82) is 0 Å². The monoisotopic (exact) mass is 187 g/mol. The van der Waals surface area contributed by atoms with Gasteiger partial charge in [-0.05, 0) is 30.7 Å². The summed E-state index contributed by atoms with van der Waals surface area (Å²) >= 11 is 0. The van der Waals surface area contributed by atoms with E-state index in [-0.39, 0.29) is 12.4 Å². The molecule has 1 aromatic rings. The fourth-order valence-corrected chi connectivity index (χ4v) is 1.14. The van der Waals surface area contributed by atoms with Crippen molar-refractivity contribution in [2.24, 2.45) is 0 Å². The van der Waals surface area contributed by atoms with Crippen molar-refractivity contribution in [2.45, 2.75) is 6.92 Å². The Labute approximate surface area is 79.2 Å². The third kappa shape index (κ3) is 2.31. The Hall–Kier alpha value is -0.890. The van der Waals surface area contributed by atoms with E-state index in [1.165, 1.54) is 0 Å². The number of aryl methyl sites for hydroxylation is 1. The summed E-state index contributed by atoms with van der Waals surface area (Å²) in [6.07, 6.45) is 0. The van der Waals surface area contributed by atoms with Gasteiger partial charge in [0, 0.05) is 19.8 Å². The lowest BCUT2D eigenvalue weighted by molar-refractivity contribution is 0.475. The normalized spacial score (nSPS) is 8.92. The molecule has 0 saturated carbocycles. The Morgan fingerprint density at radius 2 is 1.83 bits per heavy atom. The average molecular weight is 188 g/mol. The Morgan fingerprint density at radius 1 is 1.25 bits per heavy atom. The van der Waals surface area contributed by atoms with Crippen molar-refractivity contribution in [1.82, 2.24) is 0 Å². The smallest absolute Gasteiger partial charge is 0.115 e. The second-order valence-corrected chi connectivity index (χ2v) is 2.87. The zero-order valence-corrected chi connectivity index (χ0v) is 8.35. The highest BCUT2D eigenvalue weighted by atomic mass is 35.5. The summed E-state index contributed by atoms with van der Waals surface area (Å²) < 4.78 is 0. The molecule has 0 heterocycles. The number of phenolic OH excluding ortho intramolecular Hbond substituents is 1. The van der Waals surface area contributed by atoms with E-state index in [4.69, 9.17) is 5.11 Å². The number of benzene rings is 1. The quantitative estimate of drug-likeness (QED) is 0.729. The van der Waals surface area contributed by atoms with Crippen LogP contribution in [-0.2, 0) is 0 Å². The molecule has 0 spiro atoms. The average Bonchev–Trinajstić information content (AvgIpc) is 1.85. The van der Waals surface area contributed by atoms with Crippen LogP contribution in [0.3, 0.4) is 0 Å². The molecule has 0 aliphatic rings. The predicted octanol–water partition coefficient (Wildman–Crippen LogP) is 2.19. The van der Waals surface area contributed by atoms with E-state index in [9.17, 15) is 0 Å². The molecule has 0 unspecified atom stereocenters. The lowest BCUT2D eigenvalue weighted by atomic mass is 10.2. The molecule has 1 aromatic carbocycles. The van der Waals surface area contributed by atoms with E-state index in [2.05, 4.69) is 0 Å². The highest BCUT2D eigenvalue weighted by Crippen LogP contribution is 2.21. The molecular weight excluding hydrogens is 174 g/mol. The van der Waals surface area contributed by atoms with Crippen LogP contribution < -0.4 is 4.90 Å². The summed E-state index contributed by atoms with van der Waals surface area (Å²) in [4.78, 5) is 2.02. The third-order valence-corrected chi connectivity index (χ3v) is 1.66. The minimum Gasteiger partial charge on any atom is -0.508 e.